The molecule has 0 radical (unpaired) electrons. The lowest BCUT2D eigenvalue weighted by molar-refractivity contribution is 0.660. The van der Waals surface area contributed by atoms with Gasteiger partial charge in [-0.1, -0.05) is 185 Å². The molecule has 66 heavy (non-hydrogen) atoms. The molecule has 0 unspecified atom stereocenters. The van der Waals surface area contributed by atoms with Gasteiger partial charge in [-0.2, -0.15) is 0 Å². The molecule has 2 aliphatic carbocycles. The molecule has 312 valence electrons. The van der Waals surface area contributed by atoms with E-state index in [1.54, 1.807) is 0 Å². The van der Waals surface area contributed by atoms with Crippen molar-refractivity contribution >= 4 is 82.0 Å². The van der Waals surface area contributed by atoms with Gasteiger partial charge in [-0.15, -0.1) is 0 Å². The highest BCUT2D eigenvalue weighted by Crippen LogP contribution is 2.55. The van der Waals surface area contributed by atoms with Gasteiger partial charge in [-0.05, 0) is 125 Å². The van der Waals surface area contributed by atoms with Crippen LogP contribution in [0, 0.1) is 0 Å². The Morgan fingerprint density at radius 2 is 0.833 bits per heavy atom. The van der Waals surface area contributed by atoms with Gasteiger partial charge >= 0.3 is 0 Å². The van der Waals surface area contributed by atoms with Crippen molar-refractivity contribution in [3.8, 4) is 27.9 Å². The van der Waals surface area contributed by atoms with Crippen LogP contribution in [0.15, 0.2) is 206 Å². The maximum atomic E-state index is 2.55. The monoisotopic (exact) mass is 842 g/mol. The standard InChI is InChI=1S/C64H46N2/c1-63(2)55-24-13-11-22-49(55)50-34-30-41(37-57(50)63)65(40-29-33-48-46-20-8-7-18-44(46)45-19-9-10-21-47(45)54(48)36-40)42-31-35-53-58(38-42)64(3,4)56-25-15-27-60(61(53)56)66-59-26-14-12-23-51(59)52-32-28-39-16-5-6-17-43(39)62(52)66/h5-38H,1-4H3. The minimum atomic E-state index is -0.261. The third-order valence-electron chi connectivity index (χ3n) is 15.5. The zero-order chi connectivity index (χ0) is 44.1. The quantitative estimate of drug-likeness (QED) is 0.160. The van der Waals surface area contributed by atoms with Crippen LogP contribution in [0.1, 0.15) is 49.9 Å². The Labute approximate surface area is 384 Å². The second-order valence-electron chi connectivity index (χ2n) is 19.6. The Morgan fingerprint density at radius 1 is 0.333 bits per heavy atom. The second-order valence-corrected chi connectivity index (χ2v) is 19.6. The molecular formula is C64H46N2. The highest BCUT2D eigenvalue weighted by molar-refractivity contribution is 6.26. The van der Waals surface area contributed by atoms with Crippen LogP contribution in [0.5, 0.6) is 0 Å². The van der Waals surface area contributed by atoms with Crippen LogP contribution in [0.4, 0.5) is 17.1 Å². The van der Waals surface area contributed by atoms with Crippen molar-refractivity contribution in [3.63, 3.8) is 0 Å². The minimum absolute atomic E-state index is 0.137. The normalized spacial score (nSPS) is 14.3. The van der Waals surface area contributed by atoms with Gasteiger partial charge in [0.05, 0.1) is 16.7 Å². The lowest BCUT2D eigenvalue weighted by atomic mass is 9.82. The van der Waals surface area contributed by atoms with Crippen LogP contribution in [0.2, 0.25) is 0 Å². The Kier molecular flexibility index (Phi) is 7.55. The number of aromatic nitrogens is 1. The van der Waals surface area contributed by atoms with E-state index in [9.17, 15) is 0 Å². The van der Waals surface area contributed by atoms with E-state index >= 15 is 0 Å². The molecular weight excluding hydrogens is 797 g/mol. The first-order valence-electron chi connectivity index (χ1n) is 23.3. The molecule has 0 amide bonds. The zero-order valence-electron chi connectivity index (χ0n) is 37.5. The summed E-state index contributed by atoms with van der Waals surface area (Å²) in [5, 5.41) is 12.7. The van der Waals surface area contributed by atoms with E-state index in [2.05, 4.69) is 243 Å². The third kappa shape index (κ3) is 4.96. The molecule has 2 nitrogen and oxygen atoms in total. The summed E-state index contributed by atoms with van der Waals surface area (Å²) < 4.78 is 2.55. The van der Waals surface area contributed by atoms with Crippen molar-refractivity contribution in [1.82, 2.24) is 4.57 Å². The largest absolute Gasteiger partial charge is 0.310 e. The van der Waals surface area contributed by atoms with Gasteiger partial charge in [0.15, 0.2) is 0 Å². The van der Waals surface area contributed by atoms with Gasteiger partial charge in [-0.25, -0.2) is 0 Å². The molecule has 2 aliphatic rings. The average molecular weight is 843 g/mol. The molecule has 0 fully saturated rings. The summed E-state index contributed by atoms with van der Waals surface area (Å²) in [5.41, 5.74) is 17.5. The third-order valence-corrected chi connectivity index (χ3v) is 15.5. The van der Waals surface area contributed by atoms with E-state index in [4.69, 9.17) is 0 Å². The maximum Gasteiger partial charge on any atom is 0.0619 e. The van der Waals surface area contributed by atoms with Crippen molar-refractivity contribution < 1.29 is 0 Å². The van der Waals surface area contributed by atoms with Gasteiger partial charge in [0.2, 0.25) is 0 Å². The van der Waals surface area contributed by atoms with E-state index in [1.165, 1.54) is 115 Å². The fourth-order valence-corrected chi connectivity index (χ4v) is 12.4. The summed E-state index contributed by atoms with van der Waals surface area (Å²) in [7, 11) is 0. The van der Waals surface area contributed by atoms with Crippen molar-refractivity contribution in [2.75, 3.05) is 4.90 Å². The fraction of sp³-hybridized carbons (Fsp3) is 0.0938. The topological polar surface area (TPSA) is 8.17 Å². The van der Waals surface area contributed by atoms with Gasteiger partial charge in [0.25, 0.3) is 0 Å². The number of fused-ring (bicyclic) bond motifs is 17. The van der Waals surface area contributed by atoms with E-state index in [0.717, 1.165) is 17.1 Å². The Balaban J connectivity index is 1.01. The Bertz CT molecular complexity index is 4030. The van der Waals surface area contributed by atoms with E-state index in [-0.39, 0.29) is 10.8 Å². The lowest BCUT2D eigenvalue weighted by Gasteiger charge is -2.30. The lowest BCUT2D eigenvalue weighted by Crippen LogP contribution is -2.18. The fourth-order valence-electron chi connectivity index (χ4n) is 12.4. The maximum absolute atomic E-state index is 2.55. The first-order chi connectivity index (χ1) is 32.3. The molecule has 0 bridgehead atoms. The molecule has 0 atom stereocenters. The van der Waals surface area contributed by atoms with Crippen LogP contribution < -0.4 is 4.90 Å². The number of hydrogen-bond donors (Lipinski definition) is 0. The van der Waals surface area contributed by atoms with Gasteiger partial charge in [-0.3, -0.25) is 0 Å². The van der Waals surface area contributed by atoms with Gasteiger partial charge < -0.3 is 9.47 Å². The molecule has 0 aliphatic heterocycles. The molecule has 12 aromatic rings. The molecule has 11 aromatic carbocycles. The van der Waals surface area contributed by atoms with Crippen LogP contribution in [0.3, 0.4) is 0 Å². The van der Waals surface area contributed by atoms with Crippen molar-refractivity contribution in [3.05, 3.63) is 229 Å². The number of nitrogens with zero attached hydrogens (tertiary/aromatic N) is 2. The summed E-state index contributed by atoms with van der Waals surface area (Å²) in [6.45, 7) is 9.59. The molecule has 1 aromatic heterocycles. The number of benzene rings is 11. The molecule has 1 heterocycles. The summed E-state index contributed by atoms with van der Waals surface area (Å²) in [5.74, 6) is 0. The first kappa shape index (κ1) is 37.4. The van der Waals surface area contributed by atoms with Crippen molar-refractivity contribution in [1.29, 1.82) is 0 Å². The van der Waals surface area contributed by atoms with Crippen LogP contribution in [-0.2, 0) is 10.8 Å². The van der Waals surface area contributed by atoms with Crippen molar-refractivity contribution in [2.45, 2.75) is 38.5 Å². The second kappa shape index (κ2) is 13.3. The smallest absolute Gasteiger partial charge is 0.0619 e. The Morgan fingerprint density at radius 3 is 1.58 bits per heavy atom. The average Bonchev–Trinajstić information content (AvgIpc) is 3.91. The summed E-state index contributed by atoms with van der Waals surface area (Å²) in [4.78, 5) is 2.52. The van der Waals surface area contributed by atoms with Gasteiger partial charge in [0, 0.05) is 49.6 Å². The van der Waals surface area contributed by atoms with E-state index in [0.29, 0.717) is 0 Å². The molecule has 0 N–H and O–H groups in total. The van der Waals surface area contributed by atoms with Crippen LogP contribution in [-0.4, -0.2) is 4.57 Å². The summed E-state index contributed by atoms with van der Waals surface area (Å²) >= 11 is 0. The minimum Gasteiger partial charge on any atom is -0.310 e. The van der Waals surface area contributed by atoms with Crippen LogP contribution in [0.25, 0.3) is 92.8 Å². The highest BCUT2D eigenvalue weighted by atomic mass is 15.1. The zero-order valence-corrected chi connectivity index (χ0v) is 37.5. The van der Waals surface area contributed by atoms with Crippen LogP contribution >= 0.6 is 0 Å². The predicted octanol–water partition coefficient (Wildman–Crippen LogP) is 17.5. The van der Waals surface area contributed by atoms with Crippen molar-refractivity contribution in [2.24, 2.45) is 0 Å². The number of para-hydroxylation sites is 1. The first-order valence-corrected chi connectivity index (χ1v) is 23.3. The SMILES string of the molecule is CC1(C)c2ccccc2-c2ccc(N(c3ccc4c(c3)C(C)(C)c3cccc(-n5c6ccccc6c6ccc7ccccc7c65)c3-4)c3ccc4c5ccccc5c5ccccc5c4c3)cc21. The molecule has 0 saturated heterocycles. The number of anilines is 3. The predicted molar refractivity (Wildman–Crippen MR) is 281 cm³/mol. The van der Waals surface area contributed by atoms with E-state index < -0.39 is 0 Å². The summed E-state index contributed by atoms with van der Waals surface area (Å²) in [6.07, 6.45) is 0. The molecule has 2 heteroatoms. The Hall–Kier alpha value is -7.94. The van der Waals surface area contributed by atoms with Gasteiger partial charge in [0.1, 0.15) is 0 Å². The highest BCUT2D eigenvalue weighted by Gasteiger charge is 2.39. The van der Waals surface area contributed by atoms with E-state index in [1.807, 2.05) is 0 Å². The molecule has 14 rings (SSSR count). The molecule has 0 spiro atoms. The number of hydrogen-bond acceptors (Lipinski definition) is 1. The number of rotatable bonds is 4. The summed E-state index contributed by atoms with van der Waals surface area (Å²) in [6, 6.07) is 77.6. The molecule has 0 saturated carbocycles.